The molecule has 0 unspecified atom stereocenters. The molecule has 0 aliphatic carbocycles. The minimum Gasteiger partial charge on any atom is -0.333 e. The van der Waals surface area contributed by atoms with Crippen LogP contribution in [0.15, 0.2) is 41.6 Å². The highest BCUT2D eigenvalue weighted by atomic mass is 32.2. The number of rotatable bonds is 4. The number of hydrogen-bond acceptors (Lipinski definition) is 3. The van der Waals surface area contributed by atoms with E-state index in [1.54, 1.807) is 0 Å². The number of thioether (sulfide) groups is 1. The Bertz CT molecular complexity index is 870. The molecule has 0 aliphatic heterocycles. The van der Waals surface area contributed by atoms with Gasteiger partial charge in [-0.05, 0) is 50.1 Å². The smallest absolute Gasteiger partial charge is 0.234 e. The van der Waals surface area contributed by atoms with Gasteiger partial charge in [-0.1, -0.05) is 35.5 Å². The molecule has 23 heavy (non-hydrogen) atoms. The van der Waals surface area contributed by atoms with Gasteiger partial charge >= 0.3 is 0 Å². The third-order valence-corrected chi connectivity index (χ3v) is 4.48. The van der Waals surface area contributed by atoms with Crippen LogP contribution >= 0.6 is 11.8 Å². The summed E-state index contributed by atoms with van der Waals surface area (Å²) in [5, 5.41) is 3.71. The predicted molar refractivity (Wildman–Crippen MR) is 96.1 cm³/mol. The summed E-state index contributed by atoms with van der Waals surface area (Å²) in [4.78, 5) is 19.9. The van der Waals surface area contributed by atoms with Gasteiger partial charge < -0.3 is 10.3 Å². The van der Waals surface area contributed by atoms with Gasteiger partial charge in [-0.3, -0.25) is 4.79 Å². The van der Waals surface area contributed by atoms with E-state index in [1.807, 2.05) is 45.0 Å². The average Bonchev–Trinajstić information content (AvgIpc) is 2.90. The zero-order valence-corrected chi connectivity index (χ0v) is 14.3. The fourth-order valence-electron chi connectivity index (χ4n) is 2.44. The number of carbonyl (C=O) groups is 1. The second-order valence-corrected chi connectivity index (χ2v) is 6.68. The number of nitrogens with one attached hydrogen (secondary N) is 2. The molecule has 0 saturated carbocycles. The number of anilines is 1. The van der Waals surface area contributed by atoms with E-state index < -0.39 is 0 Å². The van der Waals surface area contributed by atoms with Crippen LogP contribution in [-0.2, 0) is 4.79 Å². The normalized spacial score (nSPS) is 10.9. The van der Waals surface area contributed by atoms with Gasteiger partial charge in [-0.25, -0.2) is 4.98 Å². The number of imidazole rings is 1. The van der Waals surface area contributed by atoms with Crippen molar-refractivity contribution >= 4 is 34.4 Å². The van der Waals surface area contributed by atoms with Crippen molar-refractivity contribution in [2.75, 3.05) is 11.1 Å². The van der Waals surface area contributed by atoms with Gasteiger partial charge in [0.05, 0.1) is 16.8 Å². The number of amides is 1. The number of aromatic amines is 1. The summed E-state index contributed by atoms with van der Waals surface area (Å²) in [6.45, 7) is 6.08. The third kappa shape index (κ3) is 3.74. The highest BCUT2D eigenvalue weighted by Gasteiger charge is 2.09. The molecule has 0 saturated heterocycles. The van der Waals surface area contributed by atoms with Crippen LogP contribution in [0.2, 0.25) is 0 Å². The highest BCUT2D eigenvalue weighted by molar-refractivity contribution is 7.99. The minimum atomic E-state index is -0.0291. The number of benzene rings is 2. The Morgan fingerprint density at radius 3 is 2.65 bits per heavy atom. The summed E-state index contributed by atoms with van der Waals surface area (Å²) in [6.07, 6.45) is 0. The molecule has 2 N–H and O–H groups in total. The molecule has 1 heterocycles. The monoisotopic (exact) mass is 325 g/mol. The van der Waals surface area contributed by atoms with E-state index in [0.717, 1.165) is 27.4 Å². The number of hydrogen-bond donors (Lipinski definition) is 2. The zero-order valence-electron chi connectivity index (χ0n) is 13.4. The first-order valence-corrected chi connectivity index (χ1v) is 8.46. The summed E-state index contributed by atoms with van der Waals surface area (Å²) in [6, 6.07) is 12.1. The van der Waals surface area contributed by atoms with E-state index in [1.165, 1.54) is 22.9 Å². The first-order valence-electron chi connectivity index (χ1n) is 7.47. The van der Waals surface area contributed by atoms with Gasteiger partial charge in [0.15, 0.2) is 5.16 Å². The Balaban J connectivity index is 1.63. The Kier molecular flexibility index (Phi) is 4.39. The van der Waals surface area contributed by atoms with Gasteiger partial charge in [0.2, 0.25) is 5.91 Å². The molecule has 3 aromatic rings. The molecule has 0 spiro atoms. The summed E-state index contributed by atoms with van der Waals surface area (Å²) < 4.78 is 0. The van der Waals surface area contributed by atoms with E-state index >= 15 is 0 Å². The van der Waals surface area contributed by atoms with Crippen LogP contribution in [0, 0.1) is 20.8 Å². The SMILES string of the molecule is Cc1ccc(NC(=O)CSc2nc3ccc(C)cc3[nH]2)c(C)c1. The average molecular weight is 325 g/mol. The molecule has 0 bridgehead atoms. The number of aryl methyl sites for hydroxylation is 3. The Hall–Kier alpha value is -2.27. The van der Waals surface area contributed by atoms with Crippen LogP contribution in [-0.4, -0.2) is 21.6 Å². The first-order chi connectivity index (χ1) is 11.0. The van der Waals surface area contributed by atoms with E-state index in [0.29, 0.717) is 5.75 Å². The maximum atomic E-state index is 12.1. The van der Waals surface area contributed by atoms with Gasteiger partial charge in [0, 0.05) is 5.69 Å². The molecule has 0 atom stereocenters. The summed E-state index contributed by atoms with van der Waals surface area (Å²) >= 11 is 1.41. The zero-order chi connectivity index (χ0) is 16.4. The van der Waals surface area contributed by atoms with Crippen molar-refractivity contribution < 1.29 is 4.79 Å². The number of H-pyrrole nitrogens is 1. The molecule has 118 valence electrons. The van der Waals surface area contributed by atoms with Crippen LogP contribution in [0.4, 0.5) is 5.69 Å². The minimum absolute atomic E-state index is 0.0291. The predicted octanol–water partition coefficient (Wildman–Crippen LogP) is 4.22. The molecular weight excluding hydrogens is 306 g/mol. The maximum Gasteiger partial charge on any atom is 0.234 e. The lowest BCUT2D eigenvalue weighted by Crippen LogP contribution is -2.14. The lowest BCUT2D eigenvalue weighted by Gasteiger charge is -2.08. The molecule has 5 heteroatoms. The van der Waals surface area contributed by atoms with E-state index in [9.17, 15) is 4.79 Å². The van der Waals surface area contributed by atoms with Crippen molar-refractivity contribution in [1.29, 1.82) is 0 Å². The quantitative estimate of drug-likeness (QED) is 0.706. The second-order valence-electron chi connectivity index (χ2n) is 5.72. The molecule has 3 rings (SSSR count). The third-order valence-electron chi connectivity index (χ3n) is 3.61. The molecular formula is C18H19N3OS. The number of nitrogens with zero attached hydrogens (tertiary/aromatic N) is 1. The number of fused-ring (bicyclic) bond motifs is 1. The van der Waals surface area contributed by atoms with Crippen molar-refractivity contribution in [2.45, 2.75) is 25.9 Å². The maximum absolute atomic E-state index is 12.1. The fourth-order valence-corrected chi connectivity index (χ4v) is 3.13. The van der Waals surface area contributed by atoms with Gasteiger partial charge in [0.25, 0.3) is 0 Å². The lowest BCUT2D eigenvalue weighted by atomic mass is 10.1. The van der Waals surface area contributed by atoms with Crippen molar-refractivity contribution in [3.63, 3.8) is 0 Å². The van der Waals surface area contributed by atoms with Gasteiger partial charge in [-0.15, -0.1) is 0 Å². The van der Waals surface area contributed by atoms with Crippen LogP contribution in [0.25, 0.3) is 11.0 Å². The van der Waals surface area contributed by atoms with Crippen molar-refractivity contribution in [3.05, 3.63) is 53.1 Å². The second kappa shape index (κ2) is 6.46. The van der Waals surface area contributed by atoms with Gasteiger partial charge in [-0.2, -0.15) is 0 Å². The Morgan fingerprint density at radius 1 is 1.13 bits per heavy atom. The standard InChI is InChI=1S/C18H19N3OS/c1-11-4-6-14(13(3)8-11)19-17(22)10-23-18-20-15-7-5-12(2)9-16(15)21-18/h4-9H,10H2,1-3H3,(H,19,22)(H,20,21). The molecule has 0 fully saturated rings. The fraction of sp³-hybridized carbons (Fsp3) is 0.222. The van der Waals surface area contributed by atoms with Crippen molar-refractivity contribution in [3.8, 4) is 0 Å². The summed E-state index contributed by atoms with van der Waals surface area (Å²) in [5.74, 6) is 0.296. The topological polar surface area (TPSA) is 57.8 Å². The molecule has 1 aromatic heterocycles. The Labute approximate surface area is 139 Å². The van der Waals surface area contributed by atoms with Crippen LogP contribution in [0.5, 0.6) is 0 Å². The largest absolute Gasteiger partial charge is 0.333 e. The Morgan fingerprint density at radius 2 is 1.87 bits per heavy atom. The van der Waals surface area contributed by atoms with Crippen LogP contribution in [0.3, 0.4) is 0 Å². The van der Waals surface area contributed by atoms with E-state index in [-0.39, 0.29) is 5.91 Å². The molecule has 2 aromatic carbocycles. The lowest BCUT2D eigenvalue weighted by molar-refractivity contribution is -0.113. The molecule has 0 aliphatic rings. The van der Waals surface area contributed by atoms with E-state index in [4.69, 9.17) is 0 Å². The first kappa shape index (κ1) is 15.6. The molecule has 1 amide bonds. The van der Waals surface area contributed by atoms with Gasteiger partial charge in [0.1, 0.15) is 0 Å². The van der Waals surface area contributed by atoms with E-state index in [2.05, 4.69) is 27.4 Å². The molecule has 4 nitrogen and oxygen atoms in total. The van der Waals surface area contributed by atoms with Crippen molar-refractivity contribution in [1.82, 2.24) is 9.97 Å². The van der Waals surface area contributed by atoms with Crippen LogP contribution in [0.1, 0.15) is 16.7 Å². The van der Waals surface area contributed by atoms with Crippen LogP contribution < -0.4 is 5.32 Å². The number of carbonyl (C=O) groups excluding carboxylic acids is 1. The highest BCUT2D eigenvalue weighted by Crippen LogP contribution is 2.21. The summed E-state index contributed by atoms with van der Waals surface area (Å²) in [7, 11) is 0. The number of aromatic nitrogens is 2. The molecule has 0 radical (unpaired) electrons. The summed E-state index contributed by atoms with van der Waals surface area (Å²) in [5.41, 5.74) is 6.23. The van der Waals surface area contributed by atoms with Crippen molar-refractivity contribution in [2.24, 2.45) is 0 Å².